The molecule has 4 heteroatoms. The Morgan fingerprint density at radius 2 is 2.24 bits per heavy atom. The highest BCUT2D eigenvalue weighted by Crippen LogP contribution is 2.11. The predicted molar refractivity (Wildman–Crippen MR) is 61.8 cm³/mol. The van der Waals surface area contributed by atoms with Crippen LogP contribution in [0.3, 0.4) is 0 Å². The van der Waals surface area contributed by atoms with E-state index >= 15 is 0 Å². The van der Waals surface area contributed by atoms with Crippen LogP contribution in [0.25, 0.3) is 0 Å². The van der Waals surface area contributed by atoms with E-state index in [0.717, 1.165) is 17.8 Å². The monoisotopic (exact) mass is 229 g/mol. The molecule has 86 valence electrons. The van der Waals surface area contributed by atoms with Gasteiger partial charge in [-0.2, -0.15) is 5.26 Å². The van der Waals surface area contributed by atoms with E-state index in [-0.39, 0.29) is 5.82 Å². The first-order chi connectivity index (χ1) is 8.22. The fourth-order valence-electron chi connectivity index (χ4n) is 1.80. The number of halogens is 1. The Labute approximate surface area is 99.1 Å². The number of aryl methyl sites for hydroxylation is 1. The van der Waals surface area contributed by atoms with Crippen molar-refractivity contribution in [3.8, 4) is 6.07 Å². The number of nitrogens with zero attached hydrogens (tertiary/aromatic N) is 3. The molecule has 0 fully saturated rings. The van der Waals surface area contributed by atoms with E-state index in [4.69, 9.17) is 5.26 Å². The van der Waals surface area contributed by atoms with Crippen molar-refractivity contribution in [3.63, 3.8) is 0 Å². The SMILES string of the molecule is CCc1nccn1Cc1cc(F)cc(C#N)c1. The lowest BCUT2D eigenvalue weighted by molar-refractivity contribution is 0.621. The zero-order chi connectivity index (χ0) is 12.3. The van der Waals surface area contributed by atoms with E-state index in [0.29, 0.717) is 12.1 Å². The summed E-state index contributed by atoms with van der Waals surface area (Å²) in [7, 11) is 0. The summed E-state index contributed by atoms with van der Waals surface area (Å²) >= 11 is 0. The summed E-state index contributed by atoms with van der Waals surface area (Å²) in [4.78, 5) is 4.20. The molecule has 0 radical (unpaired) electrons. The summed E-state index contributed by atoms with van der Waals surface area (Å²) in [5.41, 5.74) is 1.12. The number of hydrogen-bond donors (Lipinski definition) is 0. The van der Waals surface area contributed by atoms with Crippen LogP contribution in [0.15, 0.2) is 30.6 Å². The van der Waals surface area contributed by atoms with E-state index in [9.17, 15) is 4.39 Å². The largest absolute Gasteiger partial charge is 0.331 e. The molecule has 0 saturated heterocycles. The molecular formula is C13H12FN3. The minimum atomic E-state index is -0.378. The average Bonchev–Trinajstić information content (AvgIpc) is 2.75. The minimum Gasteiger partial charge on any atom is -0.331 e. The zero-order valence-electron chi connectivity index (χ0n) is 9.52. The lowest BCUT2D eigenvalue weighted by Crippen LogP contribution is -2.04. The third-order valence-corrected chi connectivity index (χ3v) is 2.56. The highest BCUT2D eigenvalue weighted by atomic mass is 19.1. The van der Waals surface area contributed by atoms with Crippen LogP contribution >= 0.6 is 0 Å². The van der Waals surface area contributed by atoms with E-state index in [2.05, 4.69) is 4.98 Å². The maximum Gasteiger partial charge on any atom is 0.124 e. The van der Waals surface area contributed by atoms with E-state index in [1.807, 2.05) is 23.8 Å². The van der Waals surface area contributed by atoms with Crippen LogP contribution in [-0.4, -0.2) is 9.55 Å². The molecule has 3 nitrogen and oxygen atoms in total. The number of benzene rings is 1. The van der Waals surface area contributed by atoms with Crippen molar-refractivity contribution in [2.75, 3.05) is 0 Å². The average molecular weight is 229 g/mol. The quantitative estimate of drug-likeness (QED) is 0.811. The molecule has 0 amide bonds. The van der Waals surface area contributed by atoms with Crippen molar-refractivity contribution in [2.24, 2.45) is 0 Å². The standard InChI is InChI=1S/C13H12FN3/c1-2-13-16-3-4-17(13)9-11-5-10(8-15)6-12(14)7-11/h3-7H,2,9H2,1H3. The van der Waals surface area contributed by atoms with Gasteiger partial charge in [0.1, 0.15) is 11.6 Å². The number of hydrogen-bond acceptors (Lipinski definition) is 2. The van der Waals surface area contributed by atoms with E-state index < -0.39 is 0 Å². The van der Waals surface area contributed by atoms with E-state index in [1.54, 1.807) is 12.3 Å². The van der Waals surface area contributed by atoms with Gasteiger partial charge in [-0.05, 0) is 23.8 Å². The maximum absolute atomic E-state index is 13.2. The molecular weight excluding hydrogens is 217 g/mol. The summed E-state index contributed by atoms with van der Waals surface area (Å²) in [6, 6.07) is 6.33. The Morgan fingerprint density at radius 1 is 1.41 bits per heavy atom. The Balaban J connectivity index is 2.30. The normalized spacial score (nSPS) is 10.2. The first kappa shape index (κ1) is 11.3. The second-order valence-electron chi connectivity index (χ2n) is 3.78. The lowest BCUT2D eigenvalue weighted by atomic mass is 10.1. The Kier molecular flexibility index (Phi) is 3.20. The topological polar surface area (TPSA) is 41.6 Å². The number of nitriles is 1. The molecule has 2 rings (SSSR count). The molecule has 0 spiro atoms. The van der Waals surface area contributed by atoms with Crippen LogP contribution in [0.2, 0.25) is 0 Å². The third-order valence-electron chi connectivity index (χ3n) is 2.56. The van der Waals surface area contributed by atoms with Crippen LogP contribution in [0.4, 0.5) is 4.39 Å². The van der Waals surface area contributed by atoms with Gasteiger partial charge in [0.05, 0.1) is 11.6 Å². The molecule has 1 heterocycles. The summed E-state index contributed by atoms with van der Waals surface area (Å²) in [5.74, 6) is 0.574. The fourth-order valence-corrected chi connectivity index (χ4v) is 1.80. The van der Waals surface area contributed by atoms with Crippen molar-refractivity contribution < 1.29 is 4.39 Å². The molecule has 0 bridgehead atoms. The molecule has 0 aliphatic heterocycles. The first-order valence-corrected chi connectivity index (χ1v) is 5.42. The molecule has 0 aliphatic carbocycles. The van der Waals surface area contributed by atoms with Crippen LogP contribution in [0, 0.1) is 17.1 Å². The van der Waals surface area contributed by atoms with Gasteiger partial charge in [-0.3, -0.25) is 0 Å². The van der Waals surface area contributed by atoms with E-state index in [1.165, 1.54) is 12.1 Å². The summed E-state index contributed by atoms with van der Waals surface area (Å²) in [5, 5.41) is 8.78. The molecule has 0 aliphatic rings. The smallest absolute Gasteiger partial charge is 0.124 e. The van der Waals surface area contributed by atoms with Crippen molar-refractivity contribution in [1.82, 2.24) is 9.55 Å². The molecule has 0 N–H and O–H groups in total. The van der Waals surface area contributed by atoms with Gasteiger partial charge in [0.15, 0.2) is 0 Å². The predicted octanol–water partition coefficient (Wildman–Crippen LogP) is 2.50. The minimum absolute atomic E-state index is 0.346. The zero-order valence-corrected chi connectivity index (χ0v) is 9.52. The Morgan fingerprint density at radius 3 is 2.94 bits per heavy atom. The second kappa shape index (κ2) is 4.79. The van der Waals surface area contributed by atoms with Crippen molar-refractivity contribution >= 4 is 0 Å². The molecule has 2 aromatic rings. The van der Waals surface area contributed by atoms with Crippen LogP contribution in [0.1, 0.15) is 23.9 Å². The van der Waals surface area contributed by atoms with Gasteiger partial charge < -0.3 is 4.57 Å². The number of aromatic nitrogens is 2. The third kappa shape index (κ3) is 2.51. The van der Waals surface area contributed by atoms with Gasteiger partial charge in [-0.1, -0.05) is 6.92 Å². The molecule has 0 atom stereocenters. The van der Waals surface area contributed by atoms with Gasteiger partial charge in [0, 0.05) is 25.4 Å². The van der Waals surface area contributed by atoms with Crippen LogP contribution in [0.5, 0.6) is 0 Å². The number of rotatable bonds is 3. The first-order valence-electron chi connectivity index (χ1n) is 5.42. The van der Waals surface area contributed by atoms with Gasteiger partial charge in [0.2, 0.25) is 0 Å². The van der Waals surface area contributed by atoms with Crippen molar-refractivity contribution in [2.45, 2.75) is 19.9 Å². The second-order valence-corrected chi connectivity index (χ2v) is 3.78. The maximum atomic E-state index is 13.2. The van der Waals surface area contributed by atoms with Crippen LogP contribution < -0.4 is 0 Å². The summed E-state index contributed by atoms with van der Waals surface area (Å²) in [6.07, 6.45) is 4.41. The molecule has 0 saturated carbocycles. The summed E-state index contributed by atoms with van der Waals surface area (Å²) < 4.78 is 15.2. The van der Waals surface area contributed by atoms with Crippen LogP contribution in [-0.2, 0) is 13.0 Å². The highest BCUT2D eigenvalue weighted by Gasteiger charge is 2.04. The molecule has 0 unspecified atom stereocenters. The van der Waals surface area contributed by atoms with Gasteiger partial charge in [0.25, 0.3) is 0 Å². The summed E-state index contributed by atoms with van der Waals surface area (Å²) in [6.45, 7) is 2.56. The van der Waals surface area contributed by atoms with Gasteiger partial charge >= 0.3 is 0 Å². The van der Waals surface area contributed by atoms with Gasteiger partial charge in [-0.25, -0.2) is 9.37 Å². The molecule has 17 heavy (non-hydrogen) atoms. The Hall–Kier alpha value is -2.15. The Bertz CT molecular complexity index is 566. The van der Waals surface area contributed by atoms with Crippen molar-refractivity contribution in [1.29, 1.82) is 5.26 Å². The fraction of sp³-hybridized carbons (Fsp3) is 0.231. The number of imidazole rings is 1. The van der Waals surface area contributed by atoms with Gasteiger partial charge in [-0.15, -0.1) is 0 Å². The van der Waals surface area contributed by atoms with Crippen molar-refractivity contribution in [3.05, 3.63) is 53.4 Å². The molecule has 1 aromatic carbocycles. The molecule has 1 aromatic heterocycles. The lowest BCUT2D eigenvalue weighted by Gasteiger charge is -2.07. The highest BCUT2D eigenvalue weighted by molar-refractivity contribution is 5.33.